The number of benzene rings is 2. The fraction of sp³-hybridized carbons (Fsp3) is 0.370. The van der Waals surface area contributed by atoms with Crippen LogP contribution >= 0.6 is 12.2 Å². The number of aromatic nitrogens is 1. The molecule has 0 amide bonds. The number of methoxy groups -OCH3 is 1. The zero-order valence-electron chi connectivity index (χ0n) is 20.2. The smallest absolute Gasteiger partial charge is 0.341 e. The Morgan fingerprint density at radius 1 is 1.22 bits per heavy atom. The molecule has 5 rings (SSSR count). The largest absolute Gasteiger partial charge is 0.492 e. The summed E-state index contributed by atoms with van der Waals surface area (Å²) in [5.41, 5.74) is 0.821. The quantitative estimate of drug-likeness (QED) is 0.498. The highest BCUT2D eigenvalue weighted by atomic mass is 32.1. The molecule has 3 aromatic rings. The number of hydrogen-bond acceptors (Lipinski definition) is 5. The highest BCUT2D eigenvalue weighted by Crippen LogP contribution is 2.44. The van der Waals surface area contributed by atoms with Crippen molar-refractivity contribution in [1.82, 2.24) is 9.47 Å². The Hall–Kier alpha value is -3.46. The number of nitrogens with zero attached hydrogens (tertiary/aromatic N) is 3. The number of carboxylic acids is 1. The van der Waals surface area contributed by atoms with Crippen LogP contribution in [0, 0.1) is 5.82 Å². The molecule has 188 valence electrons. The van der Waals surface area contributed by atoms with Gasteiger partial charge in [0.1, 0.15) is 11.3 Å². The first-order valence-electron chi connectivity index (χ1n) is 12.1. The van der Waals surface area contributed by atoms with E-state index in [-0.39, 0.29) is 28.8 Å². The Bertz CT molecular complexity index is 1400. The normalized spacial score (nSPS) is 17.9. The molecule has 1 aliphatic heterocycles. The monoisotopic (exact) mass is 509 g/mol. The average molecular weight is 510 g/mol. The Balaban J connectivity index is 1.50. The lowest BCUT2D eigenvalue weighted by molar-refractivity contribution is 0.0694. The summed E-state index contributed by atoms with van der Waals surface area (Å²) in [5.74, 6) is -1.66. The van der Waals surface area contributed by atoms with Crippen molar-refractivity contribution in [1.29, 1.82) is 0 Å². The lowest BCUT2D eigenvalue weighted by Gasteiger charge is -2.43. The van der Waals surface area contributed by atoms with Crippen LogP contribution in [0.25, 0.3) is 10.9 Å². The summed E-state index contributed by atoms with van der Waals surface area (Å²) < 4.78 is 23.1. The maximum absolute atomic E-state index is 15.6. The number of fused-ring (bicyclic) bond motifs is 1. The molecule has 1 atom stereocenters. The van der Waals surface area contributed by atoms with E-state index in [1.807, 2.05) is 23.1 Å². The third-order valence-electron chi connectivity index (χ3n) is 7.04. The van der Waals surface area contributed by atoms with Gasteiger partial charge >= 0.3 is 5.97 Å². The van der Waals surface area contributed by atoms with Crippen molar-refractivity contribution in [2.75, 3.05) is 31.6 Å². The van der Waals surface area contributed by atoms with E-state index in [0.29, 0.717) is 37.3 Å². The number of halogens is 1. The highest BCUT2D eigenvalue weighted by molar-refractivity contribution is 7.80. The van der Waals surface area contributed by atoms with E-state index in [1.165, 1.54) is 13.3 Å². The van der Waals surface area contributed by atoms with Gasteiger partial charge in [0.05, 0.1) is 23.0 Å². The molecule has 7 nitrogen and oxygen atoms in total. The second-order valence-corrected chi connectivity index (χ2v) is 9.97. The minimum absolute atomic E-state index is 0.0237. The summed E-state index contributed by atoms with van der Waals surface area (Å²) in [6.07, 6.45) is 3.77. The van der Waals surface area contributed by atoms with E-state index in [2.05, 4.69) is 24.0 Å². The van der Waals surface area contributed by atoms with Crippen LogP contribution in [0.2, 0.25) is 0 Å². The van der Waals surface area contributed by atoms with Crippen molar-refractivity contribution >= 4 is 39.8 Å². The van der Waals surface area contributed by atoms with Crippen LogP contribution in [-0.2, 0) is 6.42 Å². The van der Waals surface area contributed by atoms with Crippen LogP contribution in [0.1, 0.15) is 41.7 Å². The average Bonchev–Trinajstić information content (AvgIpc) is 3.69. The van der Waals surface area contributed by atoms with Crippen molar-refractivity contribution in [3.8, 4) is 5.75 Å². The molecular weight excluding hydrogens is 481 g/mol. The zero-order valence-corrected chi connectivity index (χ0v) is 21.1. The minimum Gasteiger partial charge on any atom is -0.492 e. The maximum Gasteiger partial charge on any atom is 0.341 e. The topological polar surface area (TPSA) is 75.0 Å². The van der Waals surface area contributed by atoms with Gasteiger partial charge in [0.25, 0.3) is 0 Å². The van der Waals surface area contributed by atoms with Crippen molar-refractivity contribution in [2.45, 2.75) is 38.3 Å². The molecule has 2 aromatic carbocycles. The lowest BCUT2D eigenvalue weighted by Crippen LogP contribution is -2.54. The molecular formula is C27H28FN3O4S. The van der Waals surface area contributed by atoms with E-state index in [9.17, 15) is 14.7 Å². The second kappa shape index (κ2) is 9.54. The first-order valence-corrected chi connectivity index (χ1v) is 12.5. The standard InChI is InChI=1S/C27H28FN3O4S/c1-16-14-29(10-11-30(16)22(36)12-17-6-4-3-5-7-17)24-21(28)13-19-23(26(24)35-2)31(18-8-9-18)15-20(25(19)32)27(33)34/h3-7,13,15-16,18H,8-12,14H2,1-2H3,(H,33,34). The molecule has 0 bridgehead atoms. The van der Waals surface area contributed by atoms with Crippen LogP contribution in [0.3, 0.4) is 0 Å². The molecule has 36 heavy (non-hydrogen) atoms. The predicted octanol–water partition coefficient (Wildman–Crippen LogP) is 4.26. The number of rotatable bonds is 6. The maximum atomic E-state index is 15.6. The number of carbonyl (C=O) groups is 1. The molecule has 1 N–H and O–H groups in total. The van der Waals surface area contributed by atoms with Crippen LogP contribution in [-0.4, -0.2) is 58.3 Å². The molecule has 1 aliphatic carbocycles. The molecule has 1 unspecified atom stereocenters. The Morgan fingerprint density at radius 3 is 2.56 bits per heavy atom. The number of thiocarbonyl (C=S) groups is 1. The van der Waals surface area contributed by atoms with E-state index in [4.69, 9.17) is 17.0 Å². The van der Waals surface area contributed by atoms with Crippen LogP contribution < -0.4 is 15.1 Å². The molecule has 2 heterocycles. The zero-order chi connectivity index (χ0) is 25.6. The molecule has 0 radical (unpaired) electrons. The van der Waals surface area contributed by atoms with Crippen molar-refractivity contribution in [3.63, 3.8) is 0 Å². The Morgan fingerprint density at radius 2 is 1.94 bits per heavy atom. The molecule has 1 aromatic heterocycles. The third-order valence-corrected chi connectivity index (χ3v) is 7.41. The first kappa shape index (κ1) is 24.2. The van der Waals surface area contributed by atoms with Crippen molar-refractivity contribution in [3.05, 3.63) is 69.8 Å². The predicted molar refractivity (Wildman–Crippen MR) is 141 cm³/mol. The van der Waals surface area contributed by atoms with E-state index < -0.39 is 17.2 Å². The van der Waals surface area contributed by atoms with Gasteiger partial charge in [-0.25, -0.2) is 9.18 Å². The number of pyridine rings is 1. The van der Waals surface area contributed by atoms with Crippen LogP contribution in [0.5, 0.6) is 5.75 Å². The number of aromatic carboxylic acids is 1. The number of hydrogen-bond donors (Lipinski definition) is 1. The van der Waals surface area contributed by atoms with Gasteiger partial charge in [-0.15, -0.1) is 0 Å². The van der Waals surface area contributed by atoms with Crippen LogP contribution in [0.4, 0.5) is 10.1 Å². The van der Waals surface area contributed by atoms with Gasteiger partial charge in [0.2, 0.25) is 5.43 Å². The summed E-state index contributed by atoms with van der Waals surface area (Å²) in [5, 5.41) is 9.56. The summed E-state index contributed by atoms with van der Waals surface area (Å²) in [4.78, 5) is 29.6. The van der Waals surface area contributed by atoms with E-state index >= 15 is 4.39 Å². The molecule has 2 aliphatic rings. The molecule has 0 spiro atoms. The summed E-state index contributed by atoms with van der Waals surface area (Å²) in [7, 11) is 1.46. The number of carboxylic acid groups (broad SMARTS) is 1. The fourth-order valence-electron chi connectivity index (χ4n) is 5.13. The third kappa shape index (κ3) is 4.32. The Labute approximate surface area is 213 Å². The number of ether oxygens (including phenoxy) is 1. The van der Waals surface area contributed by atoms with Crippen LogP contribution in [0.15, 0.2) is 47.4 Å². The molecule has 1 saturated carbocycles. The fourth-order valence-corrected chi connectivity index (χ4v) is 5.57. The lowest BCUT2D eigenvalue weighted by atomic mass is 10.1. The summed E-state index contributed by atoms with van der Waals surface area (Å²) in [6, 6.07) is 11.3. The minimum atomic E-state index is -1.32. The second-order valence-electron chi connectivity index (χ2n) is 9.50. The van der Waals surface area contributed by atoms with Gasteiger partial charge in [-0.3, -0.25) is 4.79 Å². The highest BCUT2D eigenvalue weighted by Gasteiger charge is 2.33. The summed E-state index contributed by atoms with van der Waals surface area (Å²) in [6.45, 7) is 3.74. The Kier molecular flexibility index (Phi) is 6.42. The molecule has 1 saturated heterocycles. The van der Waals surface area contributed by atoms with Gasteiger partial charge in [-0.05, 0) is 31.4 Å². The van der Waals surface area contributed by atoms with Gasteiger partial charge in [-0.1, -0.05) is 42.5 Å². The van der Waals surface area contributed by atoms with Gasteiger partial charge in [0, 0.05) is 44.3 Å². The van der Waals surface area contributed by atoms with Crippen molar-refractivity contribution in [2.24, 2.45) is 0 Å². The van der Waals surface area contributed by atoms with Gasteiger partial charge < -0.3 is 24.2 Å². The number of anilines is 1. The first-order chi connectivity index (χ1) is 17.3. The van der Waals surface area contributed by atoms with E-state index in [1.54, 1.807) is 4.57 Å². The van der Waals surface area contributed by atoms with E-state index in [0.717, 1.165) is 29.5 Å². The van der Waals surface area contributed by atoms with Gasteiger partial charge in [-0.2, -0.15) is 0 Å². The molecule has 2 fully saturated rings. The number of piperazine rings is 1. The SMILES string of the molecule is COc1c(N2CCN(C(=S)Cc3ccccc3)C(C)C2)c(F)cc2c(=O)c(C(=O)O)cn(C3CC3)c12. The molecule has 9 heteroatoms. The van der Waals surface area contributed by atoms with Gasteiger partial charge in [0.15, 0.2) is 11.6 Å². The summed E-state index contributed by atoms with van der Waals surface area (Å²) >= 11 is 5.75. The van der Waals surface area contributed by atoms with Crippen molar-refractivity contribution < 1.29 is 19.0 Å².